The molecular formula is C18H23F3N6O2. The van der Waals surface area contributed by atoms with Gasteiger partial charge in [-0.15, -0.1) is 10.2 Å². The van der Waals surface area contributed by atoms with Crippen LogP contribution in [-0.2, 0) is 11.0 Å². The van der Waals surface area contributed by atoms with E-state index in [1.807, 2.05) is 4.90 Å². The van der Waals surface area contributed by atoms with Crippen LogP contribution in [0.1, 0.15) is 44.0 Å². The summed E-state index contributed by atoms with van der Waals surface area (Å²) in [6.07, 6.45) is -1.98. The lowest BCUT2D eigenvalue weighted by Crippen LogP contribution is -2.51. The number of carbonyl (C=O) groups is 2. The monoisotopic (exact) mass is 412 g/mol. The van der Waals surface area contributed by atoms with Crippen molar-refractivity contribution in [1.29, 1.82) is 0 Å². The molecule has 2 aromatic rings. The number of amides is 3. The first kappa shape index (κ1) is 21.0. The zero-order valence-corrected chi connectivity index (χ0v) is 16.2. The Morgan fingerprint density at radius 3 is 2.76 bits per heavy atom. The smallest absolute Gasteiger partial charge is 0.338 e. The Balaban J connectivity index is 1.77. The summed E-state index contributed by atoms with van der Waals surface area (Å²) in [5, 5.41) is 12.9. The maximum atomic E-state index is 13.1. The molecule has 29 heavy (non-hydrogen) atoms. The fourth-order valence-electron chi connectivity index (χ4n) is 3.51. The molecule has 158 valence electrons. The molecule has 0 radical (unpaired) electrons. The van der Waals surface area contributed by atoms with Crippen LogP contribution < -0.4 is 10.6 Å². The number of likely N-dealkylation sites (tertiary alicyclic amines) is 1. The third kappa shape index (κ3) is 4.66. The van der Waals surface area contributed by atoms with Crippen molar-refractivity contribution in [2.24, 2.45) is 0 Å². The predicted molar refractivity (Wildman–Crippen MR) is 98.2 cm³/mol. The Morgan fingerprint density at radius 2 is 2.07 bits per heavy atom. The van der Waals surface area contributed by atoms with Gasteiger partial charge in [-0.05, 0) is 45.4 Å². The minimum atomic E-state index is -4.46. The summed E-state index contributed by atoms with van der Waals surface area (Å²) in [7, 11) is 0. The van der Waals surface area contributed by atoms with E-state index in [0.717, 1.165) is 25.1 Å². The van der Waals surface area contributed by atoms with Crippen LogP contribution in [-0.4, -0.2) is 57.1 Å². The fraction of sp³-hybridized carbons (Fsp3) is 0.556. The molecule has 1 saturated heterocycles. The number of imide groups is 1. The number of halogens is 3. The number of piperidine rings is 1. The molecule has 0 aliphatic carbocycles. The van der Waals surface area contributed by atoms with Gasteiger partial charge in [-0.25, -0.2) is 4.79 Å². The third-order valence-electron chi connectivity index (χ3n) is 5.08. The summed E-state index contributed by atoms with van der Waals surface area (Å²) in [6, 6.07) is 1.16. The van der Waals surface area contributed by atoms with Crippen LogP contribution in [0.25, 0.3) is 5.65 Å². The molecule has 1 aliphatic heterocycles. The van der Waals surface area contributed by atoms with Crippen molar-refractivity contribution in [3.63, 3.8) is 0 Å². The number of hydrogen-bond donors (Lipinski definition) is 2. The molecule has 3 heterocycles. The molecule has 3 amide bonds. The molecule has 0 saturated carbocycles. The third-order valence-corrected chi connectivity index (χ3v) is 5.08. The van der Waals surface area contributed by atoms with Crippen molar-refractivity contribution in [3.05, 3.63) is 29.7 Å². The van der Waals surface area contributed by atoms with Crippen LogP contribution in [0.2, 0.25) is 0 Å². The van der Waals surface area contributed by atoms with Crippen molar-refractivity contribution < 1.29 is 22.8 Å². The number of fused-ring (bicyclic) bond motifs is 1. The lowest BCUT2D eigenvalue weighted by Gasteiger charge is -2.35. The average molecular weight is 412 g/mol. The Hall–Kier alpha value is -2.69. The first-order valence-corrected chi connectivity index (χ1v) is 9.45. The number of nitrogens with one attached hydrogen (secondary N) is 2. The van der Waals surface area contributed by atoms with Crippen molar-refractivity contribution in [2.75, 3.05) is 19.6 Å². The maximum absolute atomic E-state index is 13.1. The first-order valence-electron chi connectivity index (χ1n) is 9.45. The van der Waals surface area contributed by atoms with Crippen molar-refractivity contribution >= 4 is 17.6 Å². The molecule has 11 heteroatoms. The van der Waals surface area contributed by atoms with E-state index in [9.17, 15) is 22.8 Å². The number of nitrogens with zero attached hydrogens (tertiary/aromatic N) is 4. The van der Waals surface area contributed by atoms with Crippen LogP contribution in [0.4, 0.5) is 18.0 Å². The molecule has 3 rings (SSSR count). The van der Waals surface area contributed by atoms with Crippen LogP contribution in [0.5, 0.6) is 0 Å². The molecule has 2 atom stereocenters. The molecular weight excluding hydrogens is 389 g/mol. The lowest BCUT2D eigenvalue weighted by molar-refractivity contribution is -0.137. The summed E-state index contributed by atoms with van der Waals surface area (Å²) in [6.45, 7) is 4.92. The van der Waals surface area contributed by atoms with Crippen molar-refractivity contribution in [2.45, 2.75) is 44.8 Å². The molecule has 2 unspecified atom stereocenters. The number of pyridine rings is 1. The second-order valence-electron chi connectivity index (χ2n) is 7.06. The highest BCUT2D eigenvalue weighted by Crippen LogP contribution is 2.31. The van der Waals surface area contributed by atoms with Crippen LogP contribution in [0, 0.1) is 0 Å². The van der Waals surface area contributed by atoms with E-state index in [1.54, 1.807) is 13.8 Å². The van der Waals surface area contributed by atoms with Gasteiger partial charge in [0.2, 0.25) is 5.91 Å². The Labute approximate surface area is 165 Å². The molecule has 2 aromatic heterocycles. The molecule has 1 fully saturated rings. The molecule has 0 spiro atoms. The second-order valence-corrected chi connectivity index (χ2v) is 7.06. The highest BCUT2D eigenvalue weighted by molar-refractivity contribution is 5.96. The van der Waals surface area contributed by atoms with Gasteiger partial charge < -0.3 is 5.32 Å². The zero-order chi connectivity index (χ0) is 21.2. The molecule has 0 bridgehead atoms. The van der Waals surface area contributed by atoms with Gasteiger partial charge in [-0.3, -0.25) is 19.4 Å². The summed E-state index contributed by atoms with van der Waals surface area (Å²) in [5.74, 6) is -0.170. The van der Waals surface area contributed by atoms with Gasteiger partial charge in [0, 0.05) is 25.2 Å². The molecule has 0 aromatic carbocycles. The van der Waals surface area contributed by atoms with Crippen LogP contribution in [0.3, 0.4) is 0 Å². The highest BCUT2D eigenvalue weighted by Gasteiger charge is 2.33. The molecule has 8 nitrogen and oxygen atoms in total. The first-order chi connectivity index (χ1) is 13.7. The van der Waals surface area contributed by atoms with E-state index < -0.39 is 29.7 Å². The number of alkyl halides is 3. The summed E-state index contributed by atoms with van der Waals surface area (Å²) < 4.78 is 40.6. The Bertz CT molecular complexity index is 897. The largest absolute Gasteiger partial charge is 0.417 e. The number of carbonyl (C=O) groups excluding carboxylic acids is 2. The second kappa shape index (κ2) is 8.36. The van der Waals surface area contributed by atoms with Gasteiger partial charge >= 0.3 is 12.2 Å². The number of hydrogen-bond acceptors (Lipinski definition) is 5. The topological polar surface area (TPSA) is 91.6 Å². The van der Waals surface area contributed by atoms with E-state index in [-0.39, 0.29) is 5.92 Å². The number of urea groups is 1. The lowest BCUT2D eigenvalue weighted by atomic mass is 9.96. The van der Waals surface area contributed by atoms with Gasteiger partial charge in [0.25, 0.3) is 0 Å². The highest BCUT2D eigenvalue weighted by atomic mass is 19.4. The quantitative estimate of drug-likeness (QED) is 0.803. The predicted octanol–water partition coefficient (Wildman–Crippen LogP) is 2.16. The minimum Gasteiger partial charge on any atom is -0.338 e. The van der Waals surface area contributed by atoms with Gasteiger partial charge in [-0.1, -0.05) is 0 Å². The van der Waals surface area contributed by atoms with Crippen molar-refractivity contribution in [3.8, 4) is 0 Å². The van der Waals surface area contributed by atoms with Crippen molar-refractivity contribution in [1.82, 2.24) is 30.1 Å². The van der Waals surface area contributed by atoms with E-state index in [0.29, 0.717) is 31.1 Å². The maximum Gasteiger partial charge on any atom is 0.417 e. The SMILES string of the molecule is CCNC(=O)NC(=O)C(C)N1CCCC(c2nnc3ccc(C(F)(F)F)cn23)C1. The van der Waals surface area contributed by atoms with Crippen LogP contribution >= 0.6 is 0 Å². The Morgan fingerprint density at radius 1 is 1.31 bits per heavy atom. The zero-order valence-electron chi connectivity index (χ0n) is 16.2. The Kier molecular flexibility index (Phi) is 6.06. The fourth-order valence-corrected chi connectivity index (χ4v) is 3.51. The van der Waals surface area contributed by atoms with Gasteiger partial charge in [0.1, 0.15) is 5.82 Å². The van der Waals surface area contributed by atoms with Gasteiger partial charge in [0.15, 0.2) is 5.65 Å². The average Bonchev–Trinajstić information content (AvgIpc) is 3.10. The number of rotatable bonds is 4. The minimum absolute atomic E-state index is 0.179. The van der Waals surface area contributed by atoms with E-state index in [2.05, 4.69) is 20.8 Å². The normalized spacial score (nSPS) is 19.1. The molecule has 2 N–H and O–H groups in total. The van der Waals surface area contributed by atoms with E-state index in [1.165, 1.54) is 10.5 Å². The molecule has 1 aliphatic rings. The standard InChI is InChI=1S/C18H23F3N6O2/c1-3-22-17(29)23-16(28)11(2)26-8-4-5-12(9-26)15-25-24-14-7-6-13(10-27(14)15)18(19,20)21/h6-7,10-12H,3-5,8-9H2,1-2H3,(H2,22,23,28,29). The van der Waals surface area contributed by atoms with Gasteiger partial charge in [-0.2, -0.15) is 13.2 Å². The summed E-state index contributed by atoms with van der Waals surface area (Å²) >= 11 is 0. The van der Waals surface area contributed by atoms with Crippen LogP contribution in [0.15, 0.2) is 18.3 Å². The summed E-state index contributed by atoms with van der Waals surface area (Å²) in [5.41, 5.74) is -0.430. The summed E-state index contributed by atoms with van der Waals surface area (Å²) in [4.78, 5) is 25.8. The number of aromatic nitrogens is 3. The van der Waals surface area contributed by atoms with E-state index >= 15 is 0 Å². The van der Waals surface area contributed by atoms with E-state index in [4.69, 9.17) is 0 Å². The van der Waals surface area contributed by atoms with Gasteiger partial charge in [0.05, 0.1) is 11.6 Å².